The molecule has 0 saturated heterocycles. The van der Waals surface area contributed by atoms with Crippen LogP contribution < -0.4 is 0 Å². The molecule has 0 atom stereocenters. The number of hydrogen-bond acceptors (Lipinski definition) is 4. The van der Waals surface area contributed by atoms with Gasteiger partial charge >= 0.3 is 0 Å². The molecule has 0 aliphatic heterocycles. The predicted molar refractivity (Wildman–Crippen MR) is 115 cm³/mol. The standard InChI is InChI=1S/C24H18N2OS/c1-17-23(28-24(26-17)20-11-7-15-25-16-20)21-12-6-5-8-18(21)13-14-22(27)19-9-3-2-4-10-19/h2-16H,1H3. The first-order valence-electron chi connectivity index (χ1n) is 8.97. The lowest BCUT2D eigenvalue weighted by Crippen LogP contribution is -1.93. The Morgan fingerprint density at radius 2 is 1.75 bits per heavy atom. The summed E-state index contributed by atoms with van der Waals surface area (Å²) in [5, 5.41) is 0.944. The van der Waals surface area contributed by atoms with Crippen LogP contribution in [0.4, 0.5) is 0 Å². The van der Waals surface area contributed by atoms with Crippen LogP contribution in [0.25, 0.3) is 27.1 Å². The van der Waals surface area contributed by atoms with Crippen LogP contribution in [0.2, 0.25) is 0 Å². The van der Waals surface area contributed by atoms with Crippen LogP contribution in [0, 0.1) is 6.92 Å². The van der Waals surface area contributed by atoms with Crippen molar-refractivity contribution in [1.29, 1.82) is 0 Å². The molecule has 0 spiro atoms. The molecule has 2 aromatic heterocycles. The van der Waals surface area contributed by atoms with E-state index in [2.05, 4.69) is 11.1 Å². The van der Waals surface area contributed by atoms with Crippen molar-refractivity contribution in [3.63, 3.8) is 0 Å². The smallest absolute Gasteiger partial charge is 0.185 e. The minimum atomic E-state index is -0.00696. The van der Waals surface area contributed by atoms with Crippen LogP contribution in [0.15, 0.2) is 85.2 Å². The Bertz CT molecular complexity index is 1130. The van der Waals surface area contributed by atoms with E-state index < -0.39 is 0 Å². The fourth-order valence-electron chi connectivity index (χ4n) is 2.97. The monoisotopic (exact) mass is 382 g/mol. The number of carbonyl (C=O) groups excluding carboxylic acids is 1. The lowest BCUT2D eigenvalue weighted by atomic mass is 10.0. The Labute approximate surface area is 168 Å². The zero-order valence-electron chi connectivity index (χ0n) is 15.4. The number of hydrogen-bond donors (Lipinski definition) is 0. The van der Waals surface area contributed by atoms with Crippen molar-refractivity contribution >= 4 is 23.2 Å². The summed E-state index contributed by atoms with van der Waals surface area (Å²) in [5.74, 6) is -0.00696. The molecule has 4 aromatic rings. The molecule has 0 saturated carbocycles. The van der Waals surface area contributed by atoms with Gasteiger partial charge in [0.25, 0.3) is 0 Å². The Kier molecular flexibility index (Phi) is 5.22. The summed E-state index contributed by atoms with van der Waals surface area (Å²) >= 11 is 1.64. The van der Waals surface area contributed by atoms with Gasteiger partial charge in [0.05, 0.1) is 10.6 Å². The number of nitrogens with zero attached hydrogens (tertiary/aromatic N) is 2. The number of aromatic nitrogens is 2. The molecule has 3 nitrogen and oxygen atoms in total. The van der Waals surface area contributed by atoms with Gasteiger partial charge < -0.3 is 0 Å². The summed E-state index contributed by atoms with van der Waals surface area (Å²) in [6, 6.07) is 21.3. The van der Waals surface area contributed by atoms with Crippen molar-refractivity contribution in [3.05, 3.63) is 102 Å². The van der Waals surface area contributed by atoms with E-state index in [-0.39, 0.29) is 5.78 Å². The molecule has 0 bridgehead atoms. The highest BCUT2D eigenvalue weighted by Gasteiger charge is 2.13. The topological polar surface area (TPSA) is 42.9 Å². The molecule has 2 heterocycles. The number of carbonyl (C=O) groups is 1. The van der Waals surface area contributed by atoms with Crippen molar-refractivity contribution < 1.29 is 4.79 Å². The molecule has 0 fully saturated rings. The average molecular weight is 382 g/mol. The summed E-state index contributed by atoms with van der Waals surface area (Å²) in [5.41, 5.74) is 4.73. The van der Waals surface area contributed by atoms with Crippen LogP contribution in [0.5, 0.6) is 0 Å². The normalized spacial score (nSPS) is 11.0. The molecule has 0 aliphatic rings. The molecule has 4 rings (SSSR count). The summed E-state index contributed by atoms with van der Waals surface area (Å²) in [7, 11) is 0. The predicted octanol–water partition coefficient (Wildman–Crippen LogP) is 6.08. The molecular formula is C24H18N2OS. The Morgan fingerprint density at radius 1 is 0.964 bits per heavy atom. The van der Waals surface area contributed by atoms with Crippen LogP contribution in [-0.2, 0) is 0 Å². The number of allylic oxidation sites excluding steroid dienone is 1. The van der Waals surface area contributed by atoms with Crippen LogP contribution in [-0.4, -0.2) is 15.8 Å². The fraction of sp³-hybridized carbons (Fsp3) is 0.0417. The zero-order valence-corrected chi connectivity index (χ0v) is 16.2. The molecule has 2 aromatic carbocycles. The molecule has 0 N–H and O–H groups in total. The van der Waals surface area contributed by atoms with E-state index in [4.69, 9.17) is 4.98 Å². The van der Waals surface area contributed by atoms with E-state index in [0.29, 0.717) is 5.56 Å². The maximum Gasteiger partial charge on any atom is 0.185 e. The highest BCUT2D eigenvalue weighted by atomic mass is 32.1. The van der Waals surface area contributed by atoms with Crippen molar-refractivity contribution in [2.45, 2.75) is 6.92 Å². The van der Waals surface area contributed by atoms with E-state index in [1.165, 1.54) is 0 Å². The molecule has 0 amide bonds. The minimum absolute atomic E-state index is 0.00696. The first-order valence-corrected chi connectivity index (χ1v) is 9.79. The van der Waals surface area contributed by atoms with Gasteiger partial charge in [0.15, 0.2) is 5.78 Å². The Hall–Kier alpha value is -3.37. The van der Waals surface area contributed by atoms with Gasteiger partial charge in [-0.15, -0.1) is 11.3 Å². The lowest BCUT2D eigenvalue weighted by Gasteiger charge is -2.04. The quantitative estimate of drug-likeness (QED) is 0.310. The number of ketones is 1. The van der Waals surface area contributed by atoms with Gasteiger partial charge in [0.2, 0.25) is 0 Å². The van der Waals surface area contributed by atoms with E-state index >= 15 is 0 Å². The van der Waals surface area contributed by atoms with E-state index in [1.807, 2.05) is 79.9 Å². The fourth-order valence-corrected chi connectivity index (χ4v) is 4.08. The third-order valence-electron chi connectivity index (χ3n) is 4.38. The highest BCUT2D eigenvalue weighted by molar-refractivity contribution is 7.18. The highest BCUT2D eigenvalue weighted by Crippen LogP contribution is 2.36. The first kappa shape index (κ1) is 18.0. The van der Waals surface area contributed by atoms with Gasteiger partial charge in [-0.1, -0.05) is 60.7 Å². The average Bonchev–Trinajstić information content (AvgIpc) is 3.15. The number of rotatable bonds is 5. The number of benzene rings is 2. The minimum Gasteiger partial charge on any atom is -0.289 e. The van der Waals surface area contributed by atoms with Crippen molar-refractivity contribution in [3.8, 4) is 21.0 Å². The number of pyridine rings is 1. The lowest BCUT2D eigenvalue weighted by molar-refractivity contribution is 0.104. The second-order valence-corrected chi connectivity index (χ2v) is 7.33. The molecule has 28 heavy (non-hydrogen) atoms. The number of thiazole rings is 1. The van der Waals surface area contributed by atoms with Gasteiger partial charge in [0.1, 0.15) is 5.01 Å². The maximum atomic E-state index is 12.4. The summed E-state index contributed by atoms with van der Waals surface area (Å²) in [6.45, 7) is 2.02. The third-order valence-corrected chi connectivity index (χ3v) is 5.62. The Balaban J connectivity index is 1.68. The van der Waals surface area contributed by atoms with E-state index in [0.717, 1.165) is 32.3 Å². The molecular weight excluding hydrogens is 364 g/mol. The van der Waals surface area contributed by atoms with Crippen LogP contribution in [0.1, 0.15) is 21.6 Å². The van der Waals surface area contributed by atoms with Crippen molar-refractivity contribution in [2.75, 3.05) is 0 Å². The van der Waals surface area contributed by atoms with Gasteiger partial charge in [-0.3, -0.25) is 9.78 Å². The van der Waals surface area contributed by atoms with Gasteiger partial charge in [-0.25, -0.2) is 4.98 Å². The largest absolute Gasteiger partial charge is 0.289 e. The zero-order chi connectivity index (χ0) is 19.3. The van der Waals surface area contributed by atoms with E-state index in [1.54, 1.807) is 23.6 Å². The van der Waals surface area contributed by atoms with Gasteiger partial charge in [-0.05, 0) is 30.7 Å². The summed E-state index contributed by atoms with van der Waals surface area (Å²) in [4.78, 5) is 22.4. The third kappa shape index (κ3) is 3.82. The molecule has 4 heteroatoms. The first-order chi connectivity index (χ1) is 13.7. The second-order valence-electron chi connectivity index (χ2n) is 6.33. The summed E-state index contributed by atoms with van der Waals surface area (Å²) < 4.78 is 0. The van der Waals surface area contributed by atoms with Gasteiger partial charge in [-0.2, -0.15) is 0 Å². The van der Waals surface area contributed by atoms with Crippen LogP contribution >= 0.6 is 11.3 Å². The Morgan fingerprint density at radius 3 is 2.54 bits per heavy atom. The number of aryl methyl sites for hydroxylation is 1. The van der Waals surface area contributed by atoms with Crippen molar-refractivity contribution in [1.82, 2.24) is 9.97 Å². The van der Waals surface area contributed by atoms with Crippen molar-refractivity contribution in [2.24, 2.45) is 0 Å². The molecule has 136 valence electrons. The van der Waals surface area contributed by atoms with Crippen LogP contribution in [0.3, 0.4) is 0 Å². The molecule has 0 unspecified atom stereocenters. The molecule has 0 aliphatic carbocycles. The maximum absolute atomic E-state index is 12.4. The second kappa shape index (κ2) is 8.11. The van der Waals surface area contributed by atoms with E-state index in [9.17, 15) is 4.79 Å². The van der Waals surface area contributed by atoms with Gasteiger partial charge in [0, 0.05) is 29.1 Å². The summed E-state index contributed by atoms with van der Waals surface area (Å²) in [6.07, 6.45) is 7.10. The SMILES string of the molecule is Cc1nc(-c2cccnc2)sc1-c1ccccc1C=CC(=O)c1ccccc1. The molecule has 0 radical (unpaired) electrons.